The average Bonchev–Trinajstić information content (AvgIpc) is 3.27. The van der Waals surface area contributed by atoms with E-state index in [1.165, 1.54) is 12.8 Å². The largest absolute Gasteiger partial charge is 0.465 e. The van der Waals surface area contributed by atoms with Crippen molar-refractivity contribution in [3.05, 3.63) is 18.5 Å². The molecule has 0 aromatic carbocycles. The molecule has 0 bridgehead atoms. The quantitative estimate of drug-likeness (QED) is 0.906. The Hall–Kier alpha value is -2.31. The van der Waals surface area contributed by atoms with Crippen LogP contribution in [0.1, 0.15) is 31.7 Å². The summed E-state index contributed by atoms with van der Waals surface area (Å²) in [7, 11) is 0. The first-order valence-electron chi connectivity index (χ1n) is 7.79. The fourth-order valence-corrected chi connectivity index (χ4v) is 3.13. The molecule has 7 nitrogen and oxygen atoms in total. The van der Waals surface area contributed by atoms with Gasteiger partial charge in [-0.2, -0.15) is 4.98 Å². The lowest BCUT2D eigenvalue weighted by atomic mass is 10.1. The maximum Gasteiger partial charge on any atom is 0.404 e. The molecule has 0 unspecified atom stereocenters. The minimum absolute atomic E-state index is 0.0350. The van der Waals surface area contributed by atoms with Gasteiger partial charge in [0.2, 0.25) is 5.95 Å². The van der Waals surface area contributed by atoms with E-state index in [2.05, 4.69) is 32.0 Å². The summed E-state index contributed by atoms with van der Waals surface area (Å²) in [5, 5.41) is 12.4. The van der Waals surface area contributed by atoms with Crippen molar-refractivity contribution in [1.29, 1.82) is 0 Å². The first-order chi connectivity index (χ1) is 10.7. The second-order valence-electron chi connectivity index (χ2n) is 6.11. The second kappa shape index (κ2) is 5.15. The van der Waals surface area contributed by atoms with Crippen molar-refractivity contribution in [1.82, 2.24) is 19.9 Å². The molecule has 0 radical (unpaired) electrons. The van der Waals surface area contributed by atoms with Crippen LogP contribution in [-0.4, -0.2) is 44.9 Å². The highest BCUT2D eigenvalue weighted by Crippen LogP contribution is 2.37. The topological polar surface area (TPSA) is 83.3 Å². The van der Waals surface area contributed by atoms with Crippen molar-refractivity contribution in [2.75, 3.05) is 18.0 Å². The first kappa shape index (κ1) is 13.4. The maximum absolute atomic E-state index is 10.7. The maximum atomic E-state index is 10.7. The van der Waals surface area contributed by atoms with Gasteiger partial charge in [0, 0.05) is 43.0 Å². The molecular formula is C15H19N5O2. The molecule has 2 fully saturated rings. The van der Waals surface area contributed by atoms with Gasteiger partial charge in [-0.3, -0.25) is 0 Å². The molecule has 2 aliphatic rings. The molecule has 116 valence electrons. The number of fused-ring (bicyclic) bond motifs is 1. The van der Waals surface area contributed by atoms with Crippen LogP contribution < -0.4 is 10.2 Å². The number of anilines is 1. The molecule has 0 atom stereocenters. The summed E-state index contributed by atoms with van der Waals surface area (Å²) < 4.78 is 2.25. The summed E-state index contributed by atoms with van der Waals surface area (Å²) in [5.41, 5.74) is 1.01. The van der Waals surface area contributed by atoms with Crippen LogP contribution in [0.2, 0.25) is 0 Å². The molecule has 2 N–H and O–H groups in total. The Kier molecular flexibility index (Phi) is 3.13. The second-order valence-corrected chi connectivity index (χ2v) is 6.11. The summed E-state index contributed by atoms with van der Waals surface area (Å²) in [6.07, 6.45) is 7.08. The summed E-state index contributed by atoms with van der Waals surface area (Å²) in [6.45, 7) is 1.56. The minimum Gasteiger partial charge on any atom is -0.465 e. The highest BCUT2D eigenvalue weighted by atomic mass is 16.4. The lowest BCUT2D eigenvalue weighted by molar-refractivity contribution is 0.187. The van der Waals surface area contributed by atoms with E-state index in [1.54, 1.807) is 0 Å². The summed E-state index contributed by atoms with van der Waals surface area (Å²) in [5.74, 6) is 0.752. The number of piperidine rings is 1. The molecule has 7 heteroatoms. The minimum atomic E-state index is -0.946. The van der Waals surface area contributed by atoms with Gasteiger partial charge in [-0.15, -0.1) is 0 Å². The van der Waals surface area contributed by atoms with Crippen LogP contribution in [0, 0.1) is 0 Å². The van der Waals surface area contributed by atoms with E-state index >= 15 is 0 Å². The first-order valence-corrected chi connectivity index (χ1v) is 7.79. The lowest BCUT2D eigenvalue weighted by Crippen LogP contribution is -2.44. The number of hydrogen-bond donors (Lipinski definition) is 2. The standard InChI is InChI=1S/C15H19N5O2/c21-15(22)17-11-4-6-19(7-5-11)14-16-9-10-3-8-20(12-1-2-12)13(10)18-14/h3,8-9,11-12,17H,1-2,4-7H2,(H,21,22). The van der Waals surface area contributed by atoms with Gasteiger partial charge in [-0.25, -0.2) is 9.78 Å². The van der Waals surface area contributed by atoms with Gasteiger partial charge in [-0.05, 0) is 31.7 Å². The molecule has 3 heterocycles. The van der Waals surface area contributed by atoms with Crippen molar-refractivity contribution in [2.24, 2.45) is 0 Å². The fraction of sp³-hybridized carbons (Fsp3) is 0.533. The molecule has 2 aromatic heterocycles. The van der Waals surface area contributed by atoms with Crippen LogP contribution in [0.5, 0.6) is 0 Å². The third kappa shape index (κ3) is 2.47. The zero-order valence-electron chi connectivity index (χ0n) is 12.3. The van der Waals surface area contributed by atoms with Crippen LogP contribution >= 0.6 is 0 Å². The Morgan fingerprint density at radius 3 is 2.73 bits per heavy atom. The van der Waals surface area contributed by atoms with Crippen LogP contribution in [-0.2, 0) is 0 Å². The van der Waals surface area contributed by atoms with Gasteiger partial charge in [0.1, 0.15) is 5.65 Å². The van der Waals surface area contributed by atoms with Gasteiger partial charge in [0.05, 0.1) is 0 Å². The molecule has 1 aliphatic heterocycles. The third-order valence-corrected chi connectivity index (χ3v) is 4.49. The fourth-order valence-electron chi connectivity index (χ4n) is 3.13. The van der Waals surface area contributed by atoms with Crippen molar-refractivity contribution >= 4 is 23.1 Å². The van der Waals surface area contributed by atoms with Crippen LogP contribution in [0.3, 0.4) is 0 Å². The van der Waals surface area contributed by atoms with Gasteiger partial charge in [0.25, 0.3) is 0 Å². The van der Waals surface area contributed by atoms with E-state index in [9.17, 15) is 4.79 Å². The molecule has 2 aromatic rings. The molecule has 1 aliphatic carbocycles. The number of hydrogen-bond acceptors (Lipinski definition) is 4. The molecule has 4 rings (SSSR count). The third-order valence-electron chi connectivity index (χ3n) is 4.49. The number of nitrogens with zero attached hydrogens (tertiary/aromatic N) is 4. The van der Waals surface area contributed by atoms with Crippen molar-refractivity contribution in [3.63, 3.8) is 0 Å². The Bertz CT molecular complexity index is 701. The normalized spacial score (nSPS) is 19.5. The molecule has 0 spiro atoms. The number of amides is 1. The van der Waals surface area contributed by atoms with E-state index in [4.69, 9.17) is 10.1 Å². The number of nitrogens with one attached hydrogen (secondary N) is 1. The summed E-state index contributed by atoms with van der Waals surface area (Å²) >= 11 is 0. The van der Waals surface area contributed by atoms with Crippen LogP contribution in [0.4, 0.5) is 10.7 Å². The van der Waals surface area contributed by atoms with E-state index in [1.807, 2.05) is 6.20 Å². The summed E-state index contributed by atoms with van der Waals surface area (Å²) in [6, 6.07) is 2.71. The number of carbonyl (C=O) groups is 1. The van der Waals surface area contributed by atoms with E-state index in [-0.39, 0.29) is 6.04 Å². The molecule has 1 amide bonds. The molecule has 22 heavy (non-hydrogen) atoms. The predicted octanol–water partition coefficient (Wildman–Crippen LogP) is 2.00. The smallest absolute Gasteiger partial charge is 0.404 e. The highest BCUT2D eigenvalue weighted by molar-refractivity contribution is 5.76. The molecule has 1 saturated heterocycles. The lowest BCUT2D eigenvalue weighted by Gasteiger charge is -2.31. The highest BCUT2D eigenvalue weighted by Gasteiger charge is 2.26. The number of aromatic nitrogens is 3. The zero-order valence-corrected chi connectivity index (χ0v) is 12.3. The summed E-state index contributed by atoms with van der Waals surface area (Å²) in [4.78, 5) is 22.1. The Morgan fingerprint density at radius 2 is 2.05 bits per heavy atom. The molecule has 1 saturated carbocycles. The SMILES string of the molecule is O=C(O)NC1CCN(c2ncc3ccn(C4CC4)c3n2)CC1. The number of rotatable bonds is 3. The van der Waals surface area contributed by atoms with E-state index in [0.29, 0.717) is 6.04 Å². The average molecular weight is 301 g/mol. The monoisotopic (exact) mass is 301 g/mol. The number of carboxylic acid groups (broad SMARTS) is 1. The van der Waals surface area contributed by atoms with Gasteiger partial charge in [0.15, 0.2) is 0 Å². The Labute approximate surface area is 128 Å². The zero-order chi connectivity index (χ0) is 15.1. The van der Waals surface area contributed by atoms with Gasteiger partial charge < -0.3 is 19.9 Å². The molecular weight excluding hydrogens is 282 g/mol. The van der Waals surface area contributed by atoms with Gasteiger partial charge in [-0.1, -0.05) is 0 Å². The van der Waals surface area contributed by atoms with E-state index < -0.39 is 6.09 Å². The van der Waals surface area contributed by atoms with Crippen LogP contribution in [0.25, 0.3) is 11.0 Å². The van der Waals surface area contributed by atoms with Crippen LogP contribution in [0.15, 0.2) is 18.5 Å². The predicted molar refractivity (Wildman–Crippen MR) is 82.2 cm³/mol. The van der Waals surface area contributed by atoms with Crippen molar-refractivity contribution < 1.29 is 9.90 Å². The van der Waals surface area contributed by atoms with Crippen molar-refractivity contribution in [2.45, 2.75) is 37.8 Å². The van der Waals surface area contributed by atoms with Gasteiger partial charge >= 0.3 is 6.09 Å². The van der Waals surface area contributed by atoms with Crippen molar-refractivity contribution in [3.8, 4) is 0 Å². The Balaban J connectivity index is 1.52. The Morgan fingerprint density at radius 1 is 1.27 bits per heavy atom. The van der Waals surface area contributed by atoms with E-state index in [0.717, 1.165) is 42.9 Å².